The first-order valence-electron chi connectivity index (χ1n) is 4.77. The van der Waals surface area contributed by atoms with Gasteiger partial charge in [-0.15, -0.1) is 6.58 Å². The standard InChI is InChI=1S/C12H13NO/c1-2-11-12(14)10(8-13-11)9-6-4-3-5-7-9/h2-7,10-11,13H,1,8H2. The third-order valence-electron chi connectivity index (χ3n) is 2.63. The van der Waals surface area contributed by atoms with E-state index >= 15 is 0 Å². The lowest BCUT2D eigenvalue weighted by atomic mass is 9.95. The molecule has 0 spiro atoms. The van der Waals surface area contributed by atoms with E-state index in [4.69, 9.17) is 0 Å². The lowest BCUT2D eigenvalue weighted by molar-refractivity contribution is -0.118. The van der Waals surface area contributed by atoms with Gasteiger partial charge in [-0.1, -0.05) is 36.4 Å². The molecule has 0 bridgehead atoms. The molecule has 1 aromatic rings. The van der Waals surface area contributed by atoms with E-state index in [-0.39, 0.29) is 17.7 Å². The second kappa shape index (κ2) is 3.76. The molecule has 1 N–H and O–H groups in total. The van der Waals surface area contributed by atoms with E-state index in [0.717, 1.165) is 12.1 Å². The summed E-state index contributed by atoms with van der Waals surface area (Å²) in [6, 6.07) is 9.71. The monoisotopic (exact) mass is 187 g/mol. The summed E-state index contributed by atoms with van der Waals surface area (Å²) in [6.07, 6.45) is 1.67. The first kappa shape index (κ1) is 9.16. The summed E-state index contributed by atoms with van der Waals surface area (Å²) in [6.45, 7) is 4.36. The second-order valence-electron chi connectivity index (χ2n) is 3.49. The van der Waals surface area contributed by atoms with Crippen LogP contribution in [0.15, 0.2) is 43.0 Å². The molecular weight excluding hydrogens is 174 g/mol. The van der Waals surface area contributed by atoms with Crippen molar-refractivity contribution in [3.8, 4) is 0 Å². The number of carbonyl (C=O) groups is 1. The van der Waals surface area contributed by atoms with Crippen LogP contribution in [0.2, 0.25) is 0 Å². The van der Waals surface area contributed by atoms with Crippen LogP contribution in [0.1, 0.15) is 11.5 Å². The Bertz CT molecular complexity index is 345. The van der Waals surface area contributed by atoms with Crippen LogP contribution in [0.5, 0.6) is 0 Å². The maximum absolute atomic E-state index is 11.8. The molecule has 1 aliphatic rings. The summed E-state index contributed by atoms with van der Waals surface area (Å²) in [5.41, 5.74) is 1.09. The summed E-state index contributed by atoms with van der Waals surface area (Å²) in [4.78, 5) is 11.8. The van der Waals surface area contributed by atoms with E-state index in [0.29, 0.717) is 0 Å². The van der Waals surface area contributed by atoms with Crippen LogP contribution in [0, 0.1) is 0 Å². The fraction of sp³-hybridized carbons (Fsp3) is 0.250. The first-order chi connectivity index (χ1) is 6.83. The van der Waals surface area contributed by atoms with Crippen molar-refractivity contribution < 1.29 is 4.79 Å². The molecule has 1 aliphatic heterocycles. The Hall–Kier alpha value is -1.41. The Morgan fingerprint density at radius 1 is 1.36 bits per heavy atom. The molecule has 0 saturated carbocycles. The predicted molar refractivity (Wildman–Crippen MR) is 56.2 cm³/mol. The Morgan fingerprint density at radius 2 is 2.07 bits per heavy atom. The topological polar surface area (TPSA) is 29.1 Å². The van der Waals surface area contributed by atoms with Crippen molar-refractivity contribution in [1.29, 1.82) is 0 Å². The zero-order valence-electron chi connectivity index (χ0n) is 7.94. The SMILES string of the molecule is C=CC1NCC(c2ccccc2)C1=O. The molecule has 2 heteroatoms. The van der Waals surface area contributed by atoms with Gasteiger partial charge in [-0.25, -0.2) is 0 Å². The van der Waals surface area contributed by atoms with Gasteiger partial charge in [0.05, 0.1) is 12.0 Å². The molecule has 1 fully saturated rings. The van der Waals surface area contributed by atoms with Crippen LogP contribution >= 0.6 is 0 Å². The molecule has 2 atom stereocenters. The molecule has 0 radical (unpaired) electrons. The van der Waals surface area contributed by atoms with Crippen LogP contribution in [-0.2, 0) is 4.79 Å². The maximum atomic E-state index is 11.8. The lowest BCUT2D eigenvalue weighted by Gasteiger charge is -2.06. The van der Waals surface area contributed by atoms with Crippen LogP contribution in [0.25, 0.3) is 0 Å². The number of hydrogen-bond donors (Lipinski definition) is 1. The lowest BCUT2D eigenvalue weighted by Crippen LogP contribution is -2.24. The summed E-state index contributed by atoms with van der Waals surface area (Å²) in [5.74, 6) is 0.227. The van der Waals surface area contributed by atoms with Gasteiger partial charge in [0, 0.05) is 6.54 Å². The molecule has 2 nitrogen and oxygen atoms in total. The Kier molecular flexibility index (Phi) is 2.46. The van der Waals surface area contributed by atoms with Gasteiger partial charge < -0.3 is 5.32 Å². The van der Waals surface area contributed by atoms with Crippen LogP contribution in [0.4, 0.5) is 0 Å². The fourth-order valence-electron chi connectivity index (χ4n) is 1.83. The highest BCUT2D eigenvalue weighted by atomic mass is 16.1. The molecule has 72 valence electrons. The average molecular weight is 187 g/mol. The molecule has 1 heterocycles. The van der Waals surface area contributed by atoms with Gasteiger partial charge in [0.25, 0.3) is 0 Å². The molecule has 2 unspecified atom stereocenters. The third-order valence-corrected chi connectivity index (χ3v) is 2.63. The average Bonchev–Trinajstić information content (AvgIpc) is 2.61. The van der Waals surface area contributed by atoms with Crippen molar-refractivity contribution in [3.05, 3.63) is 48.6 Å². The van der Waals surface area contributed by atoms with Crippen molar-refractivity contribution in [2.24, 2.45) is 0 Å². The van der Waals surface area contributed by atoms with E-state index in [9.17, 15) is 4.79 Å². The minimum Gasteiger partial charge on any atom is -0.303 e. The largest absolute Gasteiger partial charge is 0.303 e. The number of carbonyl (C=O) groups excluding carboxylic acids is 1. The molecule has 0 aliphatic carbocycles. The zero-order valence-corrected chi connectivity index (χ0v) is 7.94. The number of rotatable bonds is 2. The van der Waals surface area contributed by atoms with E-state index < -0.39 is 0 Å². The van der Waals surface area contributed by atoms with Crippen molar-refractivity contribution in [1.82, 2.24) is 5.32 Å². The number of Topliss-reactive ketones (excluding diaryl/α,β-unsaturated/α-hetero) is 1. The minimum atomic E-state index is -0.166. The van der Waals surface area contributed by atoms with Crippen molar-refractivity contribution in [2.75, 3.05) is 6.54 Å². The number of ketones is 1. The first-order valence-corrected chi connectivity index (χ1v) is 4.77. The van der Waals surface area contributed by atoms with Crippen LogP contribution < -0.4 is 5.32 Å². The number of benzene rings is 1. The summed E-state index contributed by atoms with van der Waals surface area (Å²) < 4.78 is 0. The fourth-order valence-corrected chi connectivity index (χ4v) is 1.83. The highest BCUT2D eigenvalue weighted by Gasteiger charge is 2.32. The Labute approximate surface area is 83.6 Å². The van der Waals surface area contributed by atoms with E-state index in [1.165, 1.54) is 0 Å². The van der Waals surface area contributed by atoms with Crippen LogP contribution in [0.3, 0.4) is 0 Å². The number of hydrogen-bond acceptors (Lipinski definition) is 2. The highest BCUT2D eigenvalue weighted by molar-refractivity contribution is 5.94. The van der Waals surface area contributed by atoms with Gasteiger partial charge >= 0.3 is 0 Å². The van der Waals surface area contributed by atoms with E-state index in [2.05, 4.69) is 11.9 Å². The Morgan fingerprint density at radius 3 is 2.64 bits per heavy atom. The second-order valence-corrected chi connectivity index (χ2v) is 3.49. The quantitative estimate of drug-likeness (QED) is 0.711. The molecular formula is C12H13NO. The summed E-state index contributed by atoms with van der Waals surface area (Å²) in [7, 11) is 0. The smallest absolute Gasteiger partial charge is 0.162 e. The number of nitrogens with one attached hydrogen (secondary N) is 1. The van der Waals surface area contributed by atoms with Crippen molar-refractivity contribution in [3.63, 3.8) is 0 Å². The molecule has 1 aromatic carbocycles. The van der Waals surface area contributed by atoms with Gasteiger partial charge in [-0.05, 0) is 5.56 Å². The van der Waals surface area contributed by atoms with Gasteiger partial charge in [-0.2, -0.15) is 0 Å². The molecule has 1 saturated heterocycles. The van der Waals surface area contributed by atoms with Crippen molar-refractivity contribution >= 4 is 5.78 Å². The highest BCUT2D eigenvalue weighted by Crippen LogP contribution is 2.22. The van der Waals surface area contributed by atoms with Crippen LogP contribution in [-0.4, -0.2) is 18.4 Å². The molecule has 0 aromatic heterocycles. The van der Waals surface area contributed by atoms with Gasteiger partial charge in [0.15, 0.2) is 5.78 Å². The van der Waals surface area contributed by atoms with Gasteiger partial charge in [-0.3, -0.25) is 4.79 Å². The third kappa shape index (κ3) is 1.49. The van der Waals surface area contributed by atoms with E-state index in [1.54, 1.807) is 6.08 Å². The summed E-state index contributed by atoms with van der Waals surface area (Å²) >= 11 is 0. The normalized spacial score (nSPS) is 26.4. The summed E-state index contributed by atoms with van der Waals surface area (Å²) in [5, 5.41) is 3.14. The maximum Gasteiger partial charge on any atom is 0.162 e. The molecule has 0 amide bonds. The predicted octanol–water partition coefficient (Wildman–Crippen LogP) is 1.50. The Balaban J connectivity index is 2.22. The molecule has 2 rings (SSSR count). The van der Waals surface area contributed by atoms with Gasteiger partial charge in [0.1, 0.15) is 0 Å². The molecule has 14 heavy (non-hydrogen) atoms. The van der Waals surface area contributed by atoms with Crippen molar-refractivity contribution in [2.45, 2.75) is 12.0 Å². The zero-order chi connectivity index (χ0) is 9.97. The van der Waals surface area contributed by atoms with E-state index in [1.807, 2.05) is 30.3 Å². The van der Waals surface area contributed by atoms with Gasteiger partial charge in [0.2, 0.25) is 0 Å². The minimum absolute atomic E-state index is 0.000741.